The molecule has 0 spiro atoms. The van der Waals surface area contributed by atoms with Crippen molar-refractivity contribution < 1.29 is 0 Å². The van der Waals surface area contributed by atoms with Crippen molar-refractivity contribution in [3.63, 3.8) is 0 Å². The molecule has 2 aromatic carbocycles. The number of aryl methyl sites for hydroxylation is 1. The second-order valence-electron chi connectivity index (χ2n) is 5.35. The quantitative estimate of drug-likeness (QED) is 0.743. The van der Waals surface area contributed by atoms with Gasteiger partial charge in [-0.15, -0.1) is 0 Å². The lowest BCUT2D eigenvalue weighted by Crippen LogP contribution is -2.17. The number of hydrogen-bond acceptors (Lipinski definition) is 1. The van der Waals surface area contributed by atoms with Gasteiger partial charge in [-0.1, -0.05) is 54.9 Å². The Hall–Kier alpha value is -1.31. The normalized spacial score (nSPS) is 12.3. The van der Waals surface area contributed by atoms with Crippen LogP contribution in [-0.2, 0) is 6.54 Å². The van der Waals surface area contributed by atoms with Gasteiger partial charge in [-0.25, -0.2) is 0 Å². The minimum atomic E-state index is 0.593. The molecule has 0 aromatic heterocycles. The average molecular weight is 288 g/mol. The average Bonchev–Trinajstić information content (AvgIpc) is 2.46. The second kappa shape index (κ2) is 7.47. The number of benzene rings is 2. The number of nitrogens with one attached hydrogen (secondary N) is 1. The number of halogens is 1. The summed E-state index contributed by atoms with van der Waals surface area (Å²) < 4.78 is 0. The molecule has 0 aliphatic carbocycles. The van der Waals surface area contributed by atoms with E-state index in [9.17, 15) is 0 Å². The largest absolute Gasteiger partial charge is 0.313 e. The zero-order valence-electron chi connectivity index (χ0n) is 12.2. The molecule has 2 aromatic rings. The summed E-state index contributed by atoms with van der Waals surface area (Å²) in [4.78, 5) is 0. The Bertz CT molecular complexity index is 536. The van der Waals surface area contributed by atoms with Crippen LogP contribution in [0.4, 0.5) is 0 Å². The van der Waals surface area contributed by atoms with Gasteiger partial charge in [0.25, 0.3) is 0 Å². The van der Waals surface area contributed by atoms with E-state index in [-0.39, 0.29) is 0 Å². The van der Waals surface area contributed by atoms with Gasteiger partial charge in [-0.2, -0.15) is 0 Å². The van der Waals surface area contributed by atoms with Crippen LogP contribution in [0.15, 0.2) is 48.5 Å². The first-order valence-corrected chi connectivity index (χ1v) is 7.55. The molecule has 1 N–H and O–H groups in total. The molecule has 1 nitrogen and oxygen atoms in total. The van der Waals surface area contributed by atoms with E-state index in [1.165, 1.54) is 16.7 Å². The summed E-state index contributed by atoms with van der Waals surface area (Å²) in [7, 11) is 0. The van der Waals surface area contributed by atoms with Crippen LogP contribution < -0.4 is 5.32 Å². The van der Waals surface area contributed by atoms with Crippen LogP contribution in [0.1, 0.15) is 36.0 Å². The van der Waals surface area contributed by atoms with E-state index >= 15 is 0 Å². The minimum absolute atomic E-state index is 0.593. The van der Waals surface area contributed by atoms with Crippen LogP contribution in [0.2, 0.25) is 5.02 Å². The highest BCUT2D eigenvalue weighted by molar-refractivity contribution is 6.30. The van der Waals surface area contributed by atoms with Crippen molar-refractivity contribution in [1.82, 2.24) is 5.32 Å². The summed E-state index contributed by atoms with van der Waals surface area (Å²) in [5, 5.41) is 4.33. The van der Waals surface area contributed by atoms with Gasteiger partial charge in [0.2, 0.25) is 0 Å². The molecule has 20 heavy (non-hydrogen) atoms. The molecule has 0 saturated carbocycles. The minimum Gasteiger partial charge on any atom is -0.313 e. The highest BCUT2D eigenvalue weighted by Crippen LogP contribution is 2.18. The van der Waals surface area contributed by atoms with Gasteiger partial charge >= 0.3 is 0 Å². The van der Waals surface area contributed by atoms with Crippen LogP contribution in [0.3, 0.4) is 0 Å². The smallest absolute Gasteiger partial charge is 0.0408 e. The van der Waals surface area contributed by atoms with Crippen LogP contribution in [0.25, 0.3) is 0 Å². The summed E-state index contributed by atoms with van der Waals surface area (Å²) in [6, 6.07) is 16.8. The van der Waals surface area contributed by atoms with Gasteiger partial charge in [-0.05, 0) is 54.6 Å². The molecule has 0 bridgehead atoms. The van der Waals surface area contributed by atoms with Crippen molar-refractivity contribution in [2.75, 3.05) is 6.54 Å². The van der Waals surface area contributed by atoms with E-state index in [1.807, 2.05) is 12.1 Å². The van der Waals surface area contributed by atoms with Gasteiger partial charge in [0.15, 0.2) is 0 Å². The first-order valence-electron chi connectivity index (χ1n) is 7.17. The van der Waals surface area contributed by atoms with Crippen molar-refractivity contribution in [3.05, 3.63) is 70.2 Å². The molecular formula is C18H22ClN. The molecule has 1 unspecified atom stereocenters. The Morgan fingerprint density at radius 3 is 2.55 bits per heavy atom. The zero-order valence-corrected chi connectivity index (χ0v) is 13.0. The molecular weight excluding hydrogens is 266 g/mol. The predicted molar refractivity (Wildman–Crippen MR) is 87.4 cm³/mol. The maximum atomic E-state index is 5.97. The monoisotopic (exact) mass is 287 g/mol. The highest BCUT2D eigenvalue weighted by Gasteiger charge is 2.04. The summed E-state index contributed by atoms with van der Waals surface area (Å²) in [5.74, 6) is 0.593. The van der Waals surface area contributed by atoms with E-state index in [0.29, 0.717) is 5.92 Å². The Morgan fingerprint density at radius 2 is 1.85 bits per heavy atom. The number of rotatable bonds is 6. The Morgan fingerprint density at radius 1 is 1.10 bits per heavy atom. The van der Waals surface area contributed by atoms with Gasteiger partial charge < -0.3 is 5.32 Å². The van der Waals surface area contributed by atoms with Gasteiger partial charge in [0.1, 0.15) is 0 Å². The summed E-state index contributed by atoms with van der Waals surface area (Å²) >= 11 is 5.97. The first kappa shape index (κ1) is 15.1. The fraction of sp³-hybridized carbons (Fsp3) is 0.333. The molecule has 0 amide bonds. The molecule has 0 saturated heterocycles. The van der Waals surface area contributed by atoms with E-state index in [0.717, 1.165) is 24.5 Å². The van der Waals surface area contributed by atoms with Crippen molar-refractivity contribution in [3.8, 4) is 0 Å². The third kappa shape index (κ3) is 4.36. The van der Waals surface area contributed by atoms with Crippen LogP contribution in [0, 0.1) is 6.92 Å². The van der Waals surface area contributed by atoms with Crippen LogP contribution in [-0.4, -0.2) is 6.54 Å². The van der Waals surface area contributed by atoms with Crippen molar-refractivity contribution in [2.24, 2.45) is 0 Å². The standard InChI is InChI=1S/C18H22ClN/c1-14(16-6-4-3-5-7-16)10-11-20-13-17-8-9-18(19)12-15(17)2/h3-9,12,14,20H,10-11,13H2,1-2H3. The van der Waals surface area contributed by atoms with Gasteiger partial charge in [-0.3, -0.25) is 0 Å². The Labute approximate surface area is 127 Å². The van der Waals surface area contributed by atoms with Crippen molar-refractivity contribution in [2.45, 2.75) is 32.7 Å². The Balaban J connectivity index is 1.76. The molecule has 0 radical (unpaired) electrons. The highest BCUT2D eigenvalue weighted by atomic mass is 35.5. The van der Waals surface area contributed by atoms with Gasteiger partial charge in [0, 0.05) is 11.6 Å². The summed E-state index contributed by atoms with van der Waals surface area (Å²) in [5.41, 5.74) is 3.99. The van der Waals surface area contributed by atoms with Crippen LogP contribution in [0.5, 0.6) is 0 Å². The molecule has 0 fully saturated rings. The first-order chi connectivity index (χ1) is 9.66. The topological polar surface area (TPSA) is 12.0 Å². The van der Waals surface area contributed by atoms with Crippen LogP contribution >= 0.6 is 11.6 Å². The lowest BCUT2D eigenvalue weighted by Gasteiger charge is -2.13. The molecule has 0 aliphatic heterocycles. The third-order valence-electron chi connectivity index (χ3n) is 3.74. The summed E-state index contributed by atoms with van der Waals surface area (Å²) in [6.45, 7) is 6.32. The van der Waals surface area contributed by atoms with E-state index in [1.54, 1.807) is 0 Å². The predicted octanol–water partition coefficient (Wildman–Crippen LogP) is 4.93. The SMILES string of the molecule is Cc1cc(Cl)ccc1CNCCC(C)c1ccccc1. The Kier molecular flexibility index (Phi) is 5.63. The molecule has 2 heteroatoms. The van der Waals surface area contributed by atoms with E-state index in [2.05, 4.69) is 55.6 Å². The fourth-order valence-electron chi connectivity index (χ4n) is 2.35. The maximum absolute atomic E-state index is 5.97. The molecule has 1 atom stereocenters. The van der Waals surface area contributed by atoms with Gasteiger partial charge in [0.05, 0.1) is 0 Å². The number of hydrogen-bond donors (Lipinski definition) is 1. The fourth-order valence-corrected chi connectivity index (χ4v) is 2.57. The lowest BCUT2D eigenvalue weighted by molar-refractivity contribution is 0.593. The maximum Gasteiger partial charge on any atom is 0.0408 e. The van der Waals surface area contributed by atoms with E-state index in [4.69, 9.17) is 11.6 Å². The molecule has 0 heterocycles. The summed E-state index contributed by atoms with van der Waals surface area (Å²) in [6.07, 6.45) is 1.15. The zero-order chi connectivity index (χ0) is 14.4. The lowest BCUT2D eigenvalue weighted by atomic mass is 9.98. The van der Waals surface area contributed by atoms with Crippen molar-refractivity contribution >= 4 is 11.6 Å². The third-order valence-corrected chi connectivity index (χ3v) is 3.98. The second-order valence-corrected chi connectivity index (χ2v) is 5.78. The van der Waals surface area contributed by atoms with Crippen molar-refractivity contribution in [1.29, 1.82) is 0 Å². The molecule has 2 rings (SSSR count). The molecule has 106 valence electrons. The molecule has 0 aliphatic rings. The van der Waals surface area contributed by atoms with E-state index < -0.39 is 0 Å².